The zero-order valence-electron chi connectivity index (χ0n) is 18.0. The van der Waals surface area contributed by atoms with Gasteiger partial charge in [0.05, 0.1) is 17.6 Å². The second kappa shape index (κ2) is 8.25. The zero-order chi connectivity index (χ0) is 23.1. The SMILES string of the molecule is Cc1cc(C#N)ccc1Oc1ccc(F)c2c1CCC2Oc1ccc(C2C[C@@H]2C(=O)O)cc1. The van der Waals surface area contributed by atoms with E-state index in [2.05, 4.69) is 6.07 Å². The van der Waals surface area contributed by atoms with Gasteiger partial charge in [-0.3, -0.25) is 4.79 Å². The van der Waals surface area contributed by atoms with Crippen molar-refractivity contribution >= 4 is 5.97 Å². The van der Waals surface area contributed by atoms with Gasteiger partial charge in [0, 0.05) is 11.1 Å². The van der Waals surface area contributed by atoms with Crippen LogP contribution in [-0.4, -0.2) is 11.1 Å². The van der Waals surface area contributed by atoms with Crippen LogP contribution >= 0.6 is 0 Å². The van der Waals surface area contributed by atoms with Crippen LogP contribution in [0.25, 0.3) is 0 Å². The van der Waals surface area contributed by atoms with E-state index in [9.17, 15) is 9.18 Å². The number of benzene rings is 3. The summed E-state index contributed by atoms with van der Waals surface area (Å²) in [5.74, 6) is 0.523. The third-order valence-electron chi connectivity index (χ3n) is 6.46. The lowest BCUT2D eigenvalue weighted by Gasteiger charge is -2.17. The van der Waals surface area contributed by atoms with Crippen LogP contribution in [0.4, 0.5) is 4.39 Å². The summed E-state index contributed by atoms with van der Waals surface area (Å²) in [6.07, 6.45) is 1.50. The number of fused-ring (bicyclic) bond motifs is 1. The largest absolute Gasteiger partial charge is 0.486 e. The molecule has 0 aliphatic heterocycles. The van der Waals surface area contributed by atoms with Gasteiger partial charge >= 0.3 is 5.97 Å². The van der Waals surface area contributed by atoms with E-state index in [0.29, 0.717) is 47.6 Å². The fourth-order valence-corrected chi connectivity index (χ4v) is 4.60. The molecule has 3 aromatic carbocycles. The number of aliphatic carboxylic acids is 1. The molecule has 0 amide bonds. The first-order valence-electron chi connectivity index (χ1n) is 10.9. The molecule has 33 heavy (non-hydrogen) atoms. The molecule has 6 heteroatoms. The Labute approximate surface area is 191 Å². The standard InChI is InChI=1S/C27H22FNO4/c1-15-12-16(14-29)2-9-23(15)33-24-11-8-22(28)26-19(24)7-10-25(26)32-18-5-3-17(4-6-18)20-13-21(20)27(30)31/h2-6,8-9,11-12,20-21,25H,7,10,13H2,1H3,(H,30,31)/t20?,21-,25?/m0/s1. The molecule has 0 heterocycles. The van der Waals surface area contributed by atoms with Gasteiger partial charge in [-0.05, 0) is 85.7 Å². The monoisotopic (exact) mass is 443 g/mol. The van der Waals surface area contributed by atoms with Gasteiger partial charge < -0.3 is 14.6 Å². The van der Waals surface area contributed by atoms with Gasteiger partial charge in [0.2, 0.25) is 0 Å². The second-order valence-electron chi connectivity index (χ2n) is 8.63. The number of carboxylic acids is 1. The van der Waals surface area contributed by atoms with Gasteiger partial charge in [-0.2, -0.15) is 5.26 Å². The Morgan fingerprint density at radius 1 is 1.12 bits per heavy atom. The minimum atomic E-state index is -0.757. The van der Waals surface area contributed by atoms with E-state index in [-0.39, 0.29) is 17.7 Å². The number of rotatable bonds is 6. The summed E-state index contributed by atoms with van der Waals surface area (Å²) in [4.78, 5) is 11.1. The number of carboxylic acid groups (broad SMARTS) is 1. The van der Waals surface area contributed by atoms with Gasteiger partial charge in [-0.1, -0.05) is 12.1 Å². The average molecular weight is 443 g/mol. The maximum Gasteiger partial charge on any atom is 0.307 e. The van der Waals surface area contributed by atoms with Crippen molar-refractivity contribution in [3.05, 3.63) is 88.2 Å². The van der Waals surface area contributed by atoms with Crippen LogP contribution in [0.15, 0.2) is 54.6 Å². The van der Waals surface area contributed by atoms with E-state index < -0.39 is 12.1 Å². The van der Waals surface area contributed by atoms with E-state index in [1.54, 1.807) is 24.3 Å². The highest BCUT2D eigenvalue weighted by Gasteiger charge is 2.44. The molecule has 3 aromatic rings. The molecule has 5 nitrogen and oxygen atoms in total. The van der Waals surface area contributed by atoms with E-state index in [1.807, 2.05) is 31.2 Å². The van der Waals surface area contributed by atoms with Crippen molar-refractivity contribution in [3.8, 4) is 23.3 Å². The molecule has 0 radical (unpaired) electrons. The molecule has 5 rings (SSSR count). The van der Waals surface area contributed by atoms with E-state index in [4.69, 9.17) is 19.8 Å². The Balaban J connectivity index is 1.34. The van der Waals surface area contributed by atoms with Gasteiger partial charge in [0.1, 0.15) is 29.2 Å². The van der Waals surface area contributed by atoms with Gasteiger partial charge in [-0.25, -0.2) is 4.39 Å². The van der Waals surface area contributed by atoms with Crippen molar-refractivity contribution in [2.75, 3.05) is 0 Å². The van der Waals surface area contributed by atoms with Crippen molar-refractivity contribution < 1.29 is 23.8 Å². The normalized spacial score (nSPS) is 20.6. The van der Waals surface area contributed by atoms with Crippen molar-refractivity contribution in [1.82, 2.24) is 0 Å². The van der Waals surface area contributed by atoms with Crippen LogP contribution in [0.1, 0.15) is 52.7 Å². The quantitative estimate of drug-likeness (QED) is 0.501. The van der Waals surface area contributed by atoms with Crippen molar-refractivity contribution in [3.63, 3.8) is 0 Å². The molecule has 0 bridgehead atoms. The molecule has 2 aliphatic rings. The summed E-state index contributed by atoms with van der Waals surface area (Å²) in [7, 11) is 0. The maximum atomic E-state index is 14.8. The number of halogens is 1. The fraction of sp³-hybridized carbons (Fsp3) is 0.259. The summed E-state index contributed by atoms with van der Waals surface area (Å²) in [5, 5.41) is 18.2. The number of ether oxygens (including phenoxy) is 2. The number of aryl methyl sites for hydroxylation is 1. The smallest absolute Gasteiger partial charge is 0.307 e. The number of nitrogens with zero attached hydrogens (tertiary/aromatic N) is 1. The van der Waals surface area contributed by atoms with Crippen LogP contribution in [0, 0.1) is 30.0 Å². The Morgan fingerprint density at radius 2 is 1.88 bits per heavy atom. The van der Waals surface area contributed by atoms with Gasteiger partial charge in [0.15, 0.2) is 0 Å². The Hall–Kier alpha value is -3.85. The molecule has 1 fully saturated rings. The van der Waals surface area contributed by atoms with Crippen LogP contribution in [-0.2, 0) is 11.2 Å². The predicted molar refractivity (Wildman–Crippen MR) is 119 cm³/mol. The molecule has 0 spiro atoms. The molecule has 3 atom stereocenters. The molecule has 0 saturated heterocycles. The minimum Gasteiger partial charge on any atom is -0.486 e. The lowest BCUT2D eigenvalue weighted by Crippen LogP contribution is -2.06. The Bertz CT molecular complexity index is 1280. The summed E-state index contributed by atoms with van der Waals surface area (Å²) >= 11 is 0. The van der Waals surface area contributed by atoms with E-state index in [0.717, 1.165) is 16.7 Å². The Morgan fingerprint density at radius 3 is 2.55 bits per heavy atom. The van der Waals surface area contributed by atoms with E-state index >= 15 is 0 Å². The fourth-order valence-electron chi connectivity index (χ4n) is 4.60. The zero-order valence-corrected chi connectivity index (χ0v) is 18.0. The molecule has 2 unspecified atom stereocenters. The molecule has 1 N–H and O–H groups in total. The minimum absolute atomic E-state index is 0.0617. The summed E-state index contributed by atoms with van der Waals surface area (Å²) in [6, 6.07) is 17.8. The second-order valence-corrected chi connectivity index (χ2v) is 8.63. The Kier molecular flexibility index (Phi) is 5.26. The molecule has 0 aromatic heterocycles. The average Bonchev–Trinajstić information content (AvgIpc) is 3.51. The van der Waals surface area contributed by atoms with Crippen LogP contribution in [0.3, 0.4) is 0 Å². The summed E-state index contributed by atoms with van der Waals surface area (Å²) in [6.45, 7) is 1.87. The first kappa shape index (κ1) is 21.0. The third-order valence-corrected chi connectivity index (χ3v) is 6.46. The van der Waals surface area contributed by atoms with Crippen molar-refractivity contribution in [1.29, 1.82) is 5.26 Å². The molecule has 2 aliphatic carbocycles. The first-order chi connectivity index (χ1) is 15.9. The molecule has 166 valence electrons. The molecular formula is C27H22FNO4. The first-order valence-corrected chi connectivity index (χ1v) is 10.9. The number of hydrogen-bond acceptors (Lipinski definition) is 4. The van der Waals surface area contributed by atoms with Crippen molar-refractivity contribution in [2.45, 2.75) is 38.2 Å². The predicted octanol–water partition coefficient (Wildman–Crippen LogP) is 6.05. The lowest BCUT2D eigenvalue weighted by molar-refractivity contribution is -0.138. The number of hydrogen-bond donors (Lipinski definition) is 1. The third kappa shape index (κ3) is 4.03. The van der Waals surface area contributed by atoms with Crippen LogP contribution < -0.4 is 9.47 Å². The topological polar surface area (TPSA) is 79.5 Å². The van der Waals surface area contributed by atoms with Crippen LogP contribution in [0.2, 0.25) is 0 Å². The van der Waals surface area contributed by atoms with Crippen molar-refractivity contribution in [2.24, 2.45) is 5.92 Å². The highest BCUT2D eigenvalue weighted by atomic mass is 19.1. The number of carbonyl (C=O) groups is 1. The molecule has 1 saturated carbocycles. The highest BCUT2D eigenvalue weighted by molar-refractivity contribution is 5.75. The molecular weight excluding hydrogens is 421 g/mol. The van der Waals surface area contributed by atoms with E-state index in [1.165, 1.54) is 6.07 Å². The summed E-state index contributed by atoms with van der Waals surface area (Å²) < 4.78 is 27.0. The van der Waals surface area contributed by atoms with Gasteiger partial charge in [-0.15, -0.1) is 0 Å². The van der Waals surface area contributed by atoms with Gasteiger partial charge in [0.25, 0.3) is 0 Å². The maximum absolute atomic E-state index is 14.8. The number of nitriles is 1. The lowest BCUT2D eigenvalue weighted by atomic mass is 10.1. The van der Waals surface area contributed by atoms with Crippen LogP contribution in [0.5, 0.6) is 17.2 Å². The highest BCUT2D eigenvalue weighted by Crippen LogP contribution is 2.48. The summed E-state index contributed by atoms with van der Waals surface area (Å²) in [5.41, 5.74) is 3.68.